The number of benzene rings is 1. The van der Waals surface area contributed by atoms with Crippen molar-refractivity contribution in [2.24, 2.45) is 7.05 Å². The number of ketones is 1. The molecule has 2 N–H and O–H groups in total. The minimum atomic E-state index is -0.953. The van der Waals surface area contributed by atoms with Crippen molar-refractivity contribution in [2.75, 3.05) is 6.61 Å². The summed E-state index contributed by atoms with van der Waals surface area (Å²) in [7, 11) is 1.50. The number of carbonyl (C=O) groups excluding carboxylic acids is 1. The van der Waals surface area contributed by atoms with Crippen LogP contribution in [0.5, 0.6) is 5.75 Å². The van der Waals surface area contributed by atoms with Crippen LogP contribution in [-0.2, 0) is 18.4 Å². The molecule has 2 heterocycles. The fourth-order valence-electron chi connectivity index (χ4n) is 2.88. The van der Waals surface area contributed by atoms with Gasteiger partial charge >= 0.3 is 5.69 Å². The fraction of sp³-hybridized carbons (Fsp3) is 0.400. The topological polar surface area (TPSA) is 119 Å². The first kappa shape index (κ1) is 21.8. The number of aliphatic hydroxyl groups is 1. The fourth-order valence-corrected chi connectivity index (χ4v) is 3.80. The molecule has 3 aromatic rings. The molecule has 0 aliphatic rings. The summed E-state index contributed by atoms with van der Waals surface area (Å²) >= 11 is 1.17. The van der Waals surface area contributed by atoms with E-state index in [1.54, 1.807) is 6.92 Å². The predicted molar refractivity (Wildman–Crippen MR) is 114 cm³/mol. The molecule has 0 radical (unpaired) electrons. The lowest BCUT2D eigenvalue weighted by Crippen LogP contribution is -2.30. The van der Waals surface area contributed by atoms with Gasteiger partial charge in [0, 0.05) is 7.05 Å². The van der Waals surface area contributed by atoms with Gasteiger partial charge in [-0.3, -0.25) is 19.1 Å². The molecule has 0 fully saturated rings. The van der Waals surface area contributed by atoms with Crippen LogP contribution in [0, 0.1) is 6.92 Å². The molecule has 0 bridgehead atoms. The van der Waals surface area contributed by atoms with E-state index >= 15 is 0 Å². The number of ether oxygens (including phenoxy) is 1. The summed E-state index contributed by atoms with van der Waals surface area (Å²) in [6.45, 7) is 5.12. The number of fused-ring (bicyclic) bond motifs is 1. The first-order valence-electron chi connectivity index (χ1n) is 9.42. The van der Waals surface area contributed by atoms with Crippen molar-refractivity contribution in [3.63, 3.8) is 0 Å². The van der Waals surface area contributed by atoms with Crippen molar-refractivity contribution < 1.29 is 14.6 Å². The van der Waals surface area contributed by atoms with Gasteiger partial charge in [-0.1, -0.05) is 30.0 Å². The van der Waals surface area contributed by atoms with Crippen molar-refractivity contribution in [1.82, 2.24) is 19.1 Å². The quantitative estimate of drug-likeness (QED) is 0.514. The van der Waals surface area contributed by atoms with Crippen LogP contribution in [0.2, 0.25) is 0 Å². The number of hydrogen-bond donors (Lipinski definition) is 2. The molecular weight excluding hydrogens is 408 g/mol. The van der Waals surface area contributed by atoms with Gasteiger partial charge in [-0.15, -0.1) is 0 Å². The number of nitrogens with zero attached hydrogens (tertiary/aromatic N) is 3. The number of Topliss-reactive ketones (excluding diaryl/α,β-unsaturated/α-hetero) is 1. The van der Waals surface area contributed by atoms with E-state index in [9.17, 15) is 19.5 Å². The van der Waals surface area contributed by atoms with Crippen LogP contribution in [0.15, 0.2) is 39.0 Å². The average Bonchev–Trinajstić information content (AvgIpc) is 3.04. The average molecular weight is 433 g/mol. The van der Waals surface area contributed by atoms with Gasteiger partial charge < -0.3 is 14.4 Å². The molecule has 0 unspecified atom stereocenters. The molecule has 0 saturated heterocycles. The summed E-state index contributed by atoms with van der Waals surface area (Å²) in [6, 6.07) is 7.45. The first-order chi connectivity index (χ1) is 14.2. The zero-order valence-electron chi connectivity index (χ0n) is 17.2. The van der Waals surface area contributed by atoms with Crippen LogP contribution in [0.1, 0.15) is 19.4 Å². The molecule has 160 valence electrons. The van der Waals surface area contributed by atoms with E-state index in [2.05, 4.69) is 9.97 Å². The predicted octanol–water partition coefficient (Wildman–Crippen LogP) is 1.24. The summed E-state index contributed by atoms with van der Waals surface area (Å²) in [6.07, 6.45) is -0.953. The summed E-state index contributed by atoms with van der Waals surface area (Å²) in [5, 5.41) is 10.5. The maximum atomic E-state index is 12.5. The third-order valence-electron chi connectivity index (χ3n) is 4.74. The lowest BCUT2D eigenvalue weighted by Gasteiger charge is -2.16. The van der Waals surface area contributed by atoms with Crippen molar-refractivity contribution in [3.8, 4) is 5.75 Å². The van der Waals surface area contributed by atoms with Crippen molar-refractivity contribution in [2.45, 2.75) is 43.8 Å². The number of aromatic nitrogens is 4. The molecule has 30 heavy (non-hydrogen) atoms. The van der Waals surface area contributed by atoms with Crippen LogP contribution in [0.4, 0.5) is 0 Å². The SMILES string of the molecule is CC(=O)[C@@H](C)Sc1nc2c(c(=O)[nH]c(=O)n2C)n1C[C@@H](O)COc1ccccc1C. The number of para-hydroxylation sites is 1. The van der Waals surface area contributed by atoms with Gasteiger partial charge in [0.25, 0.3) is 5.56 Å². The lowest BCUT2D eigenvalue weighted by atomic mass is 10.2. The Labute approximate surface area is 176 Å². The van der Waals surface area contributed by atoms with E-state index in [-0.39, 0.29) is 30.1 Å². The third-order valence-corrected chi connectivity index (χ3v) is 5.95. The highest BCUT2D eigenvalue weighted by molar-refractivity contribution is 8.00. The number of aryl methyl sites for hydroxylation is 2. The molecule has 0 aliphatic heterocycles. The van der Waals surface area contributed by atoms with E-state index < -0.39 is 22.6 Å². The first-order valence-corrected chi connectivity index (χ1v) is 10.3. The normalized spacial score (nSPS) is 13.4. The number of thioether (sulfide) groups is 1. The number of aromatic amines is 1. The second-order valence-corrected chi connectivity index (χ2v) is 8.40. The van der Waals surface area contributed by atoms with Gasteiger partial charge in [-0.2, -0.15) is 0 Å². The summed E-state index contributed by atoms with van der Waals surface area (Å²) in [4.78, 5) is 42.8. The number of hydrogen-bond acceptors (Lipinski definition) is 7. The number of H-pyrrole nitrogens is 1. The highest BCUT2D eigenvalue weighted by Crippen LogP contribution is 2.26. The Kier molecular flexibility index (Phi) is 6.47. The van der Waals surface area contributed by atoms with E-state index in [1.807, 2.05) is 31.2 Å². The van der Waals surface area contributed by atoms with Gasteiger partial charge in [0.2, 0.25) is 0 Å². The second kappa shape index (κ2) is 8.88. The molecule has 0 saturated carbocycles. The summed E-state index contributed by atoms with van der Waals surface area (Å²) < 4.78 is 8.47. The Balaban J connectivity index is 1.95. The molecule has 2 aromatic heterocycles. The second-order valence-electron chi connectivity index (χ2n) is 7.10. The van der Waals surface area contributed by atoms with E-state index in [0.717, 1.165) is 5.56 Å². The van der Waals surface area contributed by atoms with Crippen LogP contribution in [0.25, 0.3) is 11.2 Å². The molecule has 0 spiro atoms. The Morgan fingerprint density at radius 2 is 2.03 bits per heavy atom. The van der Waals surface area contributed by atoms with Crippen LogP contribution < -0.4 is 16.0 Å². The van der Waals surface area contributed by atoms with E-state index in [1.165, 1.54) is 34.9 Å². The minimum Gasteiger partial charge on any atom is -0.491 e. The van der Waals surface area contributed by atoms with Gasteiger partial charge in [0.1, 0.15) is 24.2 Å². The molecule has 0 amide bonds. The minimum absolute atomic E-state index is 0.000560. The monoisotopic (exact) mass is 432 g/mol. The van der Waals surface area contributed by atoms with Gasteiger partial charge in [-0.25, -0.2) is 9.78 Å². The molecule has 2 atom stereocenters. The zero-order chi connectivity index (χ0) is 22.0. The zero-order valence-corrected chi connectivity index (χ0v) is 18.0. The number of rotatable bonds is 8. The van der Waals surface area contributed by atoms with Crippen LogP contribution >= 0.6 is 11.8 Å². The maximum absolute atomic E-state index is 12.5. The van der Waals surface area contributed by atoms with Crippen molar-refractivity contribution >= 4 is 28.7 Å². The number of nitrogens with one attached hydrogen (secondary N) is 1. The Morgan fingerprint density at radius 3 is 2.70 bits per heavy atom. The maximum Gasteiger partial charge on any atom is 0.329 e. The smallest absolute Gasteiger partial charge is 0.329 e. The molecule has 3 rings (SSSR count). The molecule has 0 aliphatic carbocycles. The Bertz CT molecular complexity index is 1200. The highest BCUT2D eigenvalue weighted by atomic mass is 32.2. The Morgan fingerprint density at radius 1 is 1.33 bits per heavy atom. The van der Waals surface area contributed by atoms with Crippen molar-refractivity contribution in [1.29, 1.82) is 0 Å². The highest BCUT2D eigenvalue weighted by Gasteiger charge is 2.22. The molecular formula is C20H24N4O5S. The van der Waals surface area contributed by atoms with Gasteiger partial charge in [-0.05, 0) is 32.4 Å². The number of imidazole rings is 1. The number of aliphatic hydroxyl groups excluding tert-OH is 1. The lowest BCUT2D eigenvalue weighted by molar-refractivity contribution is -0.116. The molecule has 10 heteroatoms. The molecule has 9 nitrogen and oxygen atoms in total. The third kappa shape index (κ3) is 4.49. The van der Waals surface area contributed by atoms with E-state index in [0.29, 0.717) is 10.9 Å². The standard InChI is InChI=1S/C20H24N4O5S/c1-11-7-5-6-8-15(11)29-10-14(26)9-24-16-17(23(4)19(28)22-18(16)27)21-20(24)30-13(3)12(2)25/h5-8,13-14,26H,9-10H2,1-4H3,(H,22,27,28)/t13-,14-/m1/s1. The summed E-state index contributed by atoms with van der Waals surface area (Å²) in [5.74, 6) is 0.608. The van der Waals surface area contributed by atoms with E-state index in [4.69, 9.17) is 4.74 Å². The molecule has 1 aromatic carbocycles. The van der Waals surface area contributed by atoms with Crippen LogP contribution in [-0.4, -0.2) is 48.0 Å². The largest absolute Gasteiger partial charge is 0.491 e. The Hall–Kier alpha value is -2.85. The van der Waals surface area contributed by atoms with Gasteiger partial charge in [0.05, 0.1) is 11.8 Å². The van der Waals surface area contributed by atoms with Crippen molar-refractivity contribution in [3.05, 3.63) is 50.7 Å². The van der Waals surface area contributed by atoms with Crippen LogP contribution in [0.3, 0.4) is 0 Å². The summed E-state index contributed by atoms with van der Waals surface area (Å²) in [5.41, 5.74) is 0.0989. The number of carbonyl (C=O) groups is 1. The van der Waals surface area contributed by atoms with Gasteiger partial charge in [0.15, 0.2) is 16.3 Å².